The van der Waals surface area contributed by atoms with Crippen molar-refractivity contribution in [2.75, 3.05) is 7.11 Å². The average molecular weight is 278 g/mol. The lowest BCUT2D eigenvalue weighted by Gasteiger charge is -2.21. The van der Waals surface area contributed by atoms with Crippen LogP contribution in [0.15, 0.2) is 54.6 Å². The normalized spacial score (nSPS) is 17.3. The molecular formula is C20H22O. The summed E-state index contributed by atoms with van der Waals surface area (Å²) in [4.78, 5) is 0. The Labute approximate surface area is 127 Å². The zero-order valence-corrected chi connectivity index (χ0v) is 13.2. The number of hydrogen-bond donors (Lipinski definition) is 0. The third-order valence-corrected chi connectivity index (χ3v) is 4.18. The van der Waals surface area contributed by atoms with Gasteiger partial charge in [-0.25, -0.2) is 0 Å². The van der Waals surface area contributed by atoms with Crippen LogP contribution in [0.5, 0.6) is 5.75 Å². The lowest BCUT2D eigenvalue weighted by Crippen LogP contribution is -2.06. The molecule has 1 aliphatic rings. The maximum absolute atomic E-state index is 5.42. The van der Waals surface area contributed by atoms with Crippen LogP contribution >= 0.6 is 0 Å². The highest BCUT2D eigenvalue weighted by atomic mass is 16.5. The van der Waals surface area contributed by atoms with Gasteiger partial charge in [-0.15, -0.1) is 0 Å². The maximum Gasteiger partial charge on any atom is 0.119 e. The van der Waals surface area contributed by atoms with E-state index >= 15 is 0 Å². The van der Waals surface area contributed by atoms with Gasteiger partial charge in [-0.05, 0) is 39.8 Å². The van der Waals surface area contributed by atoms with Crippen molar-refractivity contribution in [2.45, 2.75) is 26.7 Å². The standard InChI is InChI=1S/C20H22O/c1-20(2,3)19-13-17(14-8-6-5-7-9-14)18-12-15(21-4)10-11-16(18)19/h5-13,17H,1-4H3. The Hall–Kier alpha value is -2.02. The van der Waals surface area contributed by atoms with Gasteiger partial charge in [-0.3, -0.25) is 0 Å². The summed E-state index contributed by atoms with van der Waals surface area (Å²) in [7, 11) is 1.73. The van der Waals surface area contributed by atoms with E-state index in [1.807, 2.05) is 0 Å². The molecule has 0 saturated carbocycles. The van der Waals surface area contributed by atoms with Crippen molar-refractivity contribution in [3.05, 3.63) is 71.3 Å². The fourth-order valence-corrected chi connectivity index (χ4v) is 3.11. The number of benzene rings is 2. The Balaban J connectivity index is 2.17. The monoisotopic (exact) mass is 278 g/mol. The molecule has 1 heteroatoms. The van der Waals surface area contributed by atoms with Crippen LogP contribution in [0.4, 0.5) is 0 Å². The van der Waals surface area contributed by atoms with Crippen LogP contribution in [0.3, 0.4) is 0 Å². The number of allylic oxidation sites excluding steroid dienone is 2. The first-order valence-electron chi connectivity index (χ1n) is 7.46. The second-order valence-electron chi connectivity index (χ2n) is 6.67. The predicted octanol–water partition coefficient (Wildman–Crippen LogP) is 5.27. The highest BCUT2D eigenvalue weighted by Gasteiger charge is 2.30. The average Bonchev–Trinajstić information content (AvgIpc) is 2.86. The molecule has 0 bridgehead atoms. The molecule has 0 saturated heterocycles. The molecular weight excluding hydrogens is 256 g/mol. The van der Waals surface area contributed by atoms with Gasteiger partial charge in [0.2, 0.25) is 0 Å². The van der Waals surface area contributed by atoms with E-state index in [1.54, 1.807) is 7.11 Å². The van der Waals surface area contributed by atoms with E-state index in [9.17, 15) is 0 Å². The third-order valence-electron chi connectivity index (χ3n) is 4.18. The van der Waals surface area contributed by atoms with Crippen molar-refractivity contribution in [2.24, 2.45) is 5.41 Å². The van der Waals surface area contributed by atoms with Crippen molar-refractivity contribution in [3.8, 4) is 5.75 Å². The van der Waals surface area contributed by atoms with Crippen molar-refractivity contribution in [1.29, 1.82) is 0 Å². The first-order valence-corrected chi connectivity index (χ1v) is 7.46. The van der Waals surface area contributed by atoms with E-state index in [0.29, 0.717) is 5.92 Å². The lowest BCUT2D eigenvalue weighted by molar-refractivity contribution is 0.414. The van der Waals surface area contributed by atoms with Gasteiger partial charge in [0.05, 0.1) is 7.11 Å². The molecule has 3 rings (SSSR count). The summed E-state index contributed by atoms with van der Waals surface area (Å²) in [6, 6.07) is 17.1. The smallest absolute Gasteiger partial charge is 0.119 e. The predicted molar refractivity (Wildman–Crippen MR) is 88.7 cm³/mol. The molecule has 108 valence electrons. The summed E-state index contributed by atoms with van der Waals surface area (Å²) < 4.78 is 5.42. The van der Waals surface area contributed by atoms with Gasteiger partial charge in [-0.2, -0.15) is 0 Å². The van der Waals surface area contributed by atoms with Crippen LogP contribution in [0.2, 0.25) is 0 Å². The van der Waals surface area contributed by atoms with Crippen molar-refractivity contribution in [3.63, 3.8) is 0 Å². The summed E-state index contributed by atoms with van der Waals surface area (Å²) >= 11 is 0. The molecule has 2 aromatic carbocycles. The zero-order chi connectivity index (χ0) is 15.0. The molecule has 1 aliphatic carbocycles. The van der Waals surface area contributed by atoms with Gasteiger partial charge in [0.1, 0.15) is 5.75 Å². The zero-order valence-electron chi connectivity index (χ0n) is 13.2. The number of methoxy groups -OCH3 is 1. The molecule has 0 aliphatic heterocycles. The molecule has 1 atom stereocenters. The molecule has 1 nitrogen and oxygen atoms in total. The van der Waals surface area contributed by atoms with Crippen LogP contribution in [0.1, 0.15) is 43.4 Å². The fraction of sp³-hybridized carbons (Fsp3) is 0.300. The topological polar surface area (TPSA) is 9.23 Å². The van der Waals surface area contributed by atoms with E-state index in [4.69, 9.17) is 4.74 Å². The Bertz CT molecular complexity index is 675. The second kappa shape index (κ2) is 5.07. The minimum absolute atomic E-state index is 0.146. The minimum atomic E-state index is 0.146. The summed E-state index contributed by atoms with van der Waals surface area (Å²) in [6.45, 7) is 6.83. The fourth-order valence-electron chi connectivity index (χ4n) is 3.11. The molecule has 1 unspecified atom stereocenters. The summed E-state index contributed by atoms with van der Waals surface area (Å²) in [5.74, 6) is 1.25. The van der Waals surface area contributed by atoms with Gasteiger partial charge in [-0.1, -0.05) is 63.2 Å². The Kier molecular flexibility index (Phi) is 3.36. The van der Waals surface area contributed by atoms with E-state index in [0.717, 1.165) is 5.75 Å². The second-order valence-corrected chi connectivity index (χ2v) is 6.67. The molecule has 0 spiro atoms. The summed E-state index contributed by atoms with van der Waals surface area (Å²) in [6.07, 6.45) is 2.42. The molecule has 2 aromatic rings. The van der Waals surface area contributed by atoms with Crippen LogP contribution in [0.25, 0.3) is 5.57 Å². The van der Waals surface area contributed by atoms with Crippen LogP contribution in [0, 0.1) is 5.41 Å². The van der Waals surface area contributed by atoms with Crippen molar-refractivity contribution < 1.29 is 4.74 Å². The third kappa shape index (κ3) is 2.49. The van der Waals surface area contributed by atoms with Crippen molar-refractivity contribution >= 4 is 5.57 Å². The number of fused-ring (bicyclic) bond motifs is 1. The summed E-state index contributed by atoms with van der Waals surface area (Å²) in [5, 5.41) is 0. The molecule has 0 aromatic heterocycles. The van der Waals surface area contributed by atoms with Gasteiger partial charge >= 0.3 is 0 Å². The highest BCUT2D eigenvalue weighted by Crippen LogP contribution is 2.47. The quantitative estimate of drug-likeness (QED) is 0.727. The van der Waals surface area contributed by atoms with Gasteiger partial charge in [0, 0.05) is 5.92 Å². The molecule has 21 heavy (non-hydrogen) atoms. The molecule has 0 N–H and O–H groups in total. The number of ether oxygens (including phenoxy) is 1. The largest absolute Gasteiger partial charge is 0.497 e. The van der Waals surface area contributed by atoms with Gasteiger partial charge < -0.3 is 4.74 Å². The minimum Gasteiger partial charge on any atom is -0.497 e. The number of hydrogen-bond acceptors (Lipinski definition) is 1. The highest BCUT2D eigenvalue weighted by molar-refractivity contribution is 5.79. The lowest BCUT2D eigenvalue weighted by atomic mass is 9.83. The van der Waals surface area contributed by atoms with E-state index in [-0.39, 0.29) is 5.41 Å². The SMILES string of the molecule is COc1ccc2c(c1)C(c1ccccc1)C=C2C(C)(C)C. The van der Waals surface area contributed by atoms with Crippen LogP contribution in [-0.4, -0.2) is 7.11 Å². The van der Waals surface area contributed by atoms with Crippen molar-refractivity contribution in [1.82, 2.24) is 0 Å². The van der Waals surface area contributed by atoms with Gasteiger partial charge in [0.25, 0.3) is 0 Å². The maximum atomic E-state index is 5.42. The molecule has 0 radical (unpaired) electrons. The van der Waals surface area contributed by atoms with Gasteiger partial charge in [0.15, 0.2) is 0 Å². The molecule has 0 heterocycles. The molecule has 0 amide bonds. The van der Waals surface area contributed by atoms with Crippen LogP contribution < -0.4 is 4.74 Å². The van der Waals surface area contributed by atoms with Crippen LogP contribution in [-0.2, 0) is 0 Å². The summed E-state index contributed by atoms with van der Waals surface area (Å²) in [5.41, 5.74) is 5.62. The first-order chi connectivity index (χ1) is 10.0. The Morgan fingerprint density at radius 1 is 0.952 bits per heavy atom. The molecule has 0 fully saturated rings. The van der Waals surface area contributed by atoms with E-state index in [2.05, 4.69) is 75.4 Å². The van der Waals surface area contributed by atoms with E-state index < -0.39 is 0 Å². The Morgan fingerprint density at radius 3 is 2.29 bits per heavy atom. The Morgan fingerprint density at radius 2 is 1.67 bits per heavy atom. The number of rotatable bonds is 2. The van der Waals surface area contributed by atoms with E-state index in [1.165, 1.54) is 22.3 Å². The first kappa shape index (κ1) is 13.9.